The van der Waals surface area contributed by atoms with Crippen LogP contribution in [0.1, 0.15) is 5.56 Å². The van der Waals surface area contributed by atoms with E-state index >= 15 is 0 Å². The van der Waals surface area contributed by atoms with Crippen LogP contribution in [0, 0.1) is 6.92 Å². The van der Waals surface area contributed by atoms with Crippen molar-refractivity contribution in [3.05, 3.63) is 193 Å². The van der Waals surface area contributed by atoms with Gasteiger partial charge in [-0.05, 0) is 101 Å². The second-order valence-electron chi connectivity index (χ2n) is 12.1. The molecule has 8 aromatic carbocycles. The molecule has 48 heavy (non-hydrogen) atoms. The van der Waals surface area contributed by atoms with Gasteiger partial charge in [-0.15, -0.1) is 0 Å². The zero-order chi connectivity index (χ0) is 32.5. The number of rotatable bonds is 7. The third-order valence-electron chi connectivity index (χ3n) is 8.93. The highest BCUT2D eigenvalue weighted by molar-refractivity contribution is 6.30. The monoisotopic (exact) mass is 636 g/mol. The van der Waals surface area contributed by atoms with E-state index in [0.29, 0.717) is 5.02 Å². The molecule has 0 unspecified atom stereocenters. The number of hydrogen-bond acceptors (Lipinski definition) is 2. The van der Waals surface area contributed by atoms with Crippen molar-refractivity contribution >= 4 is 67.3 Å². The first-order chi connectivity index (χ1) is 23.6. The number of anilines is 6. The molecule has 2 nitrogen and oxygen atoms in total. The molecule has 0 saturated carbocycles. The van der Waals surface area contributed by atoms with E-state index in [1.165, 1.54) is 27.1 Å². The van der Waals surface area contributed by atoms with E-state index < -0.39 is 0 Å². The lowest BCUT2D eigenvalue weighted by Crippen LogP contribution is -2.10. The predicted octanol–water partition coefficient (Wildman–Crippen LogP) is 13.6. The Morgan fingerprint density at radius 2 is 0.812 bits per heavy atom. The fourth-order valence-electron chi connectivity index (χ4n) is 6.65. The smallest absolute Gasteiger partial charge is 0.0540 e. The molecule has 3 heteroatoms. The van der Waals surface area contributed by atoms with Gasteiger partial charge in [-0.1, -0.05) is 127 Å². The van der Waals surface area contributed by atoms with Crippen molar-refractivity contribution in [3.63, 3.8) is 0 Å². The van der Waals surface area contributed by atoms with Crippen LogP contribution in [0.15, 0.2) is 182 Å². The largest absolute Gasteiger partial charge is 0.310 e. The standard InChI is InChI=1S/C45H33ClN2/c1-32-10-6-16-40(30-32)47(44-20-7-13-35-11-2-4-18-42(35)44)38-26-22-33(23-27-38)34-24-28-39(29-25-34)48(41-17-9-15-37(46)31-41)45-21-8-14-36-12-3-5-19-43(36)45/h2-31H,1H3. The fraction of sp³-hybridized carbons (Fsp3) is 0.0222. The fourth-order valence-corrected chi connectivity index (χ4v) is 6.83. The lowest BCUT2D eigenvalue weighted by Gasteiger charge is -2.28. The highest BCUT2D eigenvalue weighted by Crippen LogP contribution is 2.42. The molecule has 0 heterocycles. The lowest BCUT2D eigenvalue weighted by molar-refractivity contribution is 1.28. The Kier molecular flexibility index (Phi) is 7.86. The number of nitrogens with zero attached hydrogens (tertiary/aromatic N) is 2. The van der Waals surface area contributed by atoms with Gasteiger partial charge in [0.2, 0.25) is 0 Å². The Hall–Kier alpha value is -5.83. The van der Waals surface area contributed by atoms with Gasteiger partial charge in [0.05, 0.1) is 11.4 Å². The van der Waals surface area contributed by atoms with Gasteiger partial charge in [0.15, 0.2) is 0 Å². The van der Waals surface area contributed by atoms with Crippen molar-refractivity contribution in [3.8, 4) is 11.1 Å². The van der Waals surface area contributed by atoms with E-state index in [9.17, 15) is 0 Å². The second kappa shape index (κ2) is 12.8. The normalized spacial score (nSPS) is 11.1. The maximum atomic E-state index is 6.51. The summed E-state index contributed by atoms with van der Waals surface area (Å²) in [4.78, 5) is 4.64. The third kappa shape index (κ3) is 5.68. The van der Waals surface area contributed by atoms with E-state index in [1.807, 2.05) is 18.2 Å². The maximum absolute atomic E-state index is 6.51. The van der Waals surface area contributed by atoms with Gasteiger partial charge in [-0.2, -0.15) is 0 Å². The average Bonchev–Trinajstić information content (AvgIpc) is 3.13. The van der Waals surface area contributed by atoms with E-state index in [0.717, 1.165) is 45.3 Å². The summed E-state index contributed by atoms with van der Waals surface area (Å²) in [6, 6.07) is 64.5. The van der Waals surface area contributed by atoms with E-state index in [-0.39, 0.29) is 0 Å². The molecular formula is C45H33ClN2. The number of fused-ring (bicyclic) bond motifs is 2. The van der Waals surface area contributed by atoms with Crippen LogP contribution in [0.2, 0.25) is 5.02 Å². The summed E-state index contributed by atoms with van der Waals surface area (Å²) in [5.74, 6) is 0. The molecule has 0 bridgehead atoms. The zero-order valence-electron chi connectivity index (χ0n) is 26.6. The Morgan fingerprint density at radius 3 is 1.31 bits per heavy atom. The molecule has 8 rings (SSSR count). The van der Waals surface area contributed by atoms with Gasteiger partial charge in [0.25, 0.3) is 0 Å². The van der Waals surface area contributed by atoms with Crippen molar-refractivity contribution in [1.29, 1.82) is 0 Å². The molecule has 0 saturated heterocycles. The summed E-state index contributed by atoms with van der Waals surface area (Å²) >= 11 is 6.51. The van der Waals surface area contributed by atoms with E-state index in [1.54, 1.807) is 0 Å². The van der Waals surface area contributed by atoms with Crippen LogP contribution in [0.4, 0.5) is 34.1 Å². The summed E-state index contributed by atoms with van der Waals surface area (Å²) in [5, 5.41) is 5.53. The second-order valence-corrected chi connectivity index (χ2v) is 12.5. The minimum absolute atomic E-state index is 0.706. The summed E-state index contributed by atoms with van der Waals surface area (Å²) in [6.07, 6.45) is 0. The molecule has 0 aliphatic rings. The molecule has 0 N–H and O–H groups in total. The van der Waals surface area contributed by atoms with E-state index in [2.05, 4.69) is 181 Å². The van der Waals surface area contributed by atoms with Crippen molar-refractivity contribution in [2.45, 2.75) is 6.92 Å². The molecular weight excluding hydrogens is 604 g/mol. The highest BCUT2D eigenvalue weighted by Gasteiger charge is 2.17. The van der Waals surface area contributed by atoms with Crippen molar-refractivity contribution in [1.82, 2.24) is 0 Å². The molecule has 0 aliphatic carbocycles. The van der Waals surface area contributed by atoms with Gasteiger partial charge in [0.1, 0.15) is 0 Å². The van der Waals surface area contributed by atoms with Crippen LogP contribution in [0.5, 0.6) is 0 Å². The van der Waals surface area contributed by atoms with Gasteiger partial charge in [-0.3, -0.25) is 0 Å². The Morgan fingerprint density at radius 1 is 0.375 bits per heavy atom. The number of halogens is 1. The quantitative estimate of drug-likeness (QED) is 0.172. The summed E-state index contributed by atoms with van der Waals surface area (Å²) in [5.41, 5.74) is 10.1. The Balaban J connectivity index is 1.17. The van der Waals surface area contributed by atoms with Crippen molar-refractivity contribution in [2.75, 3.05) is 9.80 Å². The molecule has 230 valence electrons. The zero-order valence-corrected chi connectivity index (χ0v) is 27.3. The first-order valence-corrected chi connectivity index (χ1v) is 16.6. The minimum atomic E-state index is 0.706. The molecule has 0 radical (unpaired) electrons. The van der Waals surface area contributed by atoms with Crippen LogP contribution >= 0.6 is 11.6 Å². The average molecular weight is 637 g/mol. The number of benzene rings is 8. The summed E-state index contributed by atoms with van der Waals surface area (Å²) in [7, 11) is 0. The van der Waals surface area contributed by atoms with Crippen LogP contribution < -0.4 is 9.80 Å². The molecule has 0 aromatic heterocycles. The van der Waals surface area contributed by atoms with Crippen LogP contribution in [0.3, 0.4) is 0 Å². The number of aryl methyl sites for hydroxylation is 1. The lowest BCUT2D eigenvalue weighted by atomic mass is 10.0. The maximum Gasteiger partial charge on any atom is 0.0540 e. The minimum Gasteiger partial charge on any atom is -0.310 e. The van der Waals surface area contributed by atoms with Gasteiger partial charge in [-0.25, -0.2) is 0 Å². The SMILES string of the molecule is Cc1cccc(N(c2ccc(-c3ccc(N(c4cccc(Cl)c4)c4cccc5ccccc45)cc3)cc2)c2cccc3ccccc23)c1. The summed E-state index contributed by atoms with van der Waals surface area (Å²) < 4.78 is 0. The molecule has 8 aromatic rings. The van der Waals surface area contributed by atoms with Crippen molar-refractivity contribution in [2.24, 2.45) is 0 Å². The van der Waals surface area contributed by atoms with Crippen LogP contribution in [-0.4, -0.2) is 0 Å². The third-order valence-corrected chi connectivity index (χ3v) is 9.16. The Bertz CT molecular complexity index is 2200. The molecule has 0 amide bonds. The summed E-state index contributed by atoms with van der Waals surface area (Å²) in [6.45, 7) is 2.14. The highest BCUT2D eigenvalue weighted by atomic mass is 35.5. The molecule has 0 atom stereocenters. The topological polar surface area (TPSA) is 6.48 Å². The Labute approximate surface area is 286 Å². The van der Waals surface area contributed by atoms with Gasteiger partial charge < -0.3 is 9.80 Å². The van der Waals surface area contributed by atoms with Crippen molar-refractivity contribution < 1.29 is 0 Å². The first-order valence-electron chi connectivity index (χ1n) is 16.2. The van der Waals surface area contributed by atoms with E-state index in [4.69, 9.17) is 11.6 Å². The van der Waals surface area contributed by atoms with Gasteiger partial charge >= 0.3 is 0 Å². The molecule has 0 fully saturated rings. The van der Waals surface area contributed by atoms with Gasteiger partial charge in [0, 0.05) is 38.5 Å². The first kappa shape index (κ1) is 29.6. The number of hydrogen-bond donors (Lipinski definition) is 0. The molecule has 0 spiro atoms. The molecule has 0 aliphatic heterocycles. The predicted molar refractivity (Wildman–Crippen MR) is 206 cm³/mol. The van der Waals surface area contributed by atoms with Crippen LogP contribution in [0.25, 0.3) is 32.7 Å². The van der Waals surface area contributed by atoms with Crippen LogP contribution in [-0.2, 0) is 0 Å².